The monoisotopic (exact) mass is 510 g/mol. The second kappa shape index (κ2) is 13.0. The highest BCUT2D eigenvalue weighted by Crippen LogP contribution is 2.22. The van der Waals surface area contributed by atoms with Gasteiger partial charge in [0.05, 0.1) is 11.0 Å². The van der Waals surface area contributed by atoms with Crippen molar-refractivity contribution in [2.45, 2.75) is 45.6 Å². The van der Waals surface area contributed by atoms with Gasteiger partial charge < -0.3 is 20.9 Å². The Labute approximate surface area is 225 Å². The second-order valence-electron chi connectivity index (χ2n) is 9.66. The molecule has 0 unspecified atom stereocenters. The number of unbranched alkanes of at least 4 members (excludes halogenated alkanes) is 1. The van der Waals surface area contributed by atoms with Gasteiger partial charge in [-0.1, -0.05) is 67.9 Å². The Morgan fingerprint density at radius 2 is 1.63 bits per heavy atom. The minimum absolute atomic E-state index is 0.0109. The summed E-state index contributed by atoms with van der Waals surface area (Å²) in [5, 5.41) is 7.61. The minimum Gasteiger partial charge on any atom is -0.384 e. The molecule has 3 aromatic carbocycles. The van der Waals surface area contributed by atoms with E-state index in [9.17, 15) is 4.79 Å². The van der Waals surface area contributed by atoms with E-state index in [0.29, 0.717) is 25.2 Å². The number of amidine groups is 1. The van der Waals surface area contributed by atoms with Crippen LogP contribution in [0.3, 0.4) is 0 Å². The number of amides is 1. The van der Waals surface area contributed by atoms with Crippen molar-refractivity contribution in [3.8, 4) is 0 Å². The number of carbonyl (C=O) groups excluding carboxylic acids is 1. The van der Waals surface area contributed by atoms with Crippen molar-refractivity contribution in [3.63, 3.8) is 0 Å². The number of rotatable bonds is 13. The Balaban J connectivity index is 1.61. The molecule has 5 N–H and O–H groups in total. The number of aryl methyl sites for hydroxylation is 4. The lowest BCUT2D eigenvalue weighted by Gasteiger charge is -2.22. The molecule has 1 aromatic heterocycles. The number of nitrogens with zero attached hydrogens (tertiary/aromatic N) is 3. The number of fused-ring (bicyclic) bond motifs is 1. The number of aromatic nitrogens is 2. The predicted octanol–water partition coefficient (Wildman–Crippen LogP) is 4.55. The van der Waals surface area contributed by atoms with Gasteiger partial charge in [-0.05, 0) is 48.6 Å². The maximum absolute atomic E-state index is 13.3. The standard InChI is InChI=1S/C31H38N6O/c1-2-3-19-36(21-18-32)31(38)26-14-15-28-27(22-26)35-29(37(28)20-17-23-7-5-4-6-8-23)16-11-24-9-12-25(13-10-24)30(33)34/h4-10,12-15,22H,2-3,11,16-21,32H2,1H3,(H3,33,34). The van der Waals surface area contributed by atoms with Crippen molar-refractivity contribution in [2.24, 2.45) is 11.5 Å². The van der Waals surface area contributed by atoms with Gasteiger partial charge in [-0.25, -0.2) is 4.98 Å². The summed E-state index contributed by atoms with van der Waals surface area (Å²) in [6, 6.07) is 24.2. The zero-order valence-corrected chi connectivity index (χ0v) is 22.2. The summed E-state index contributed by atoms with van der Waals surface area (Å²) >= 11 is 0. The fourth-order valence-corrected chi connectivity index (χ4v) is 4.75. The molecule has 0 atom stereocenters. The first-order chi connectivity index (χ1) is 18.5. The van der Waals surface area contributed by atoms with E-state index in [1.54, 1.807) is 0 Å². The molecular weight excluding hydrogens is 472 g/mol. The third kappa shape index (κ3) is 6.66. The maximum atomic E-state index is 13.3. The van der Waals surface area contributed by atoms with Crippen LogP contribution in [-0.2, 0) is 25.8 Å². The molecule has 1 amide bonds. The van der Waals surface area contributed by atoms with Gasteiger partial charge in [-0.2, -0.15) is 0 Å². The number of hydrogen-bond donors (Lipinski definition) is 3. The van der Waals surface area contributed by atoms with Crippen molar-refractivity contribution >= 4 is 22.8 Å². The van der Waals surface area contributed by atoms with Crippen molar-refractivity contribution in [1.82, 2.24) is 14.5 Å². The number of imidazole rings is 1. The van der Waals surface area contributed by atoms with Crippen LogP contribution in [0.4, 0.5) is 0 Å². The number of nitrogen functional groups attached to an aromatic ring is 1. The molecule has 0 bridgehead atoms. The molecule has 0 saturated heterocycles. The van der Waals surface area contributed by atoms with E-state index in [1.807, 2.05) is 53.4 Å². The lowest BCUT2D eigenvalue weighted by molar-refractivity contribution is 0.0758. The number of hydrogen-bond acceptors (Lipinski definition) is 4. The van der Waals surface area contributed by atoms with E-state index in [0.717, 1.165) is 61.1 Å². The number of nitrogens with one attached hydrogen (secondary N) is 1. The van der Waals surface area contributed by atoms with Crippen LogP contribution in [0.25, 0.3) is 11.0 Å². The number of benzene rings is 3. The molecule has 0 aliphatic carbocycles. The van der Waals surface area contributed by atoms with Crippen molar-refractivity contribution in [3.05, 3.63) is 101 Å². The maximum Gasteiger partial charge on any atom is 0.253 e. The zero-order valence-electron chi connectivity index (χ0n) is 22.2. The van der Waals surface area contributed by atoms with E-state index in [4.69, 9.17) is 21.9 Å². The lowest BCUT2D eigenvalue weighted by atomic mass is 10.1. The smallest absolute Gasteiger partial charge is 0.253 e. The van der Waals surface area contributed by atoms with Crippen LogP contribution in [0, 0.1) is 5.41 Å². The molecule has 4 rings (SSSR count). The van der Waals surface area contributed by atoms with Crippen LogP contribution in [0.5, 0.6) is 0 Å². The summed E-state index contributed by atoms with van der Waals surface area (Å²) in [5.74, 6) is 1.09. The fraction of sp³-hybridized carbons (Fsp3) is 0.323. The SMILES string of the molecule is CCCCN(CCN)C(=O)c1ccc2c(c1)nc(CCc1ccc(C(=N)N)cc1)n2CCc1ccccc1. The van der Waals surface area contributed by atoms with Gasteiger partial charge in [-0.3, -0.25) is 10.2 Å². The Kier molecular flexibility index (Phi) is 9.27. The first kappa shape index (κ1) is 27.1. The van der Waals surface area contributed by atoms with Crippen LogP contribution < -0.4 is 11.5 Å². The quantitative estimate of drug-likeness (QED) is 0.181. The van der Waals surface area contributed by atoms with Gasteiger partial charge in [0.25, 0.3) is 5.91 Å². The Bertz CT molecular complexity index is 1360. The van der Waals surface area contributed by atoms with Gasteiger partial charge in [0.15, 0.2) is 0 Å². The predicted molar refractivity (Wildman–Crippen MR) is 155 cm³/mol. The summed E-state index contributed by atoms with van der Waals surface area (Å²) in [4.78, 5) is 20.1. The molecule has 0 saturated carbocycles. The highest BCUT2D eigenvalue weighted by Gasteiger charge is 2.18. The van der Waals surface area contributed by atoms with E-state index >= 15 is 0 Å². The molecule has 38 heavy (non-hydrogen) atoms. The second-order valence-corrected chi connectivity index (χ2v) is 9.66. The minimum atomic E-state index is 0.0109. The molecule has 0 spiro atoms. The summed E-state index contributed by atoms with van der Waals surface area (Å²) in [6.45, 7) is 4.64. The number of nitrogens with two attached hydrogens (primary N) is 2. The molecule has 1 heterocycles. The van der Waals surface area contributed by atoms with Gasteiger partial charge in [0, 0.05) is 43.7 Å². The van der Waals surface area contributed by atoms with Crippen LogP contribution in [0.1, 0.15) is 52.6 Å². The molecule has 0 aliphatic heterocycles. The van der Waals surface area contributed by atoms with Crippen LogP contribution in [0.2, 0.25) is 0 Å². The van der Waals surface area contributed by atoms with Crippen molar-refractivity contribution in [1.29, 1.82) is 5.41 Å². The van der Waals surface area contributed by atoms with E-state index in [2.05, 4.69) is 35.8 Å². The van der Waals surface area contributed by atoms with Gasteiger partial charge in [0.1, 0.15) is 11.7 Å². The fourth-order valence-electron chi connectivity index (χ4n) is 4.75. The van der Waals surface area contributed by atoms with Gasteiger partial charge in [0.2, 0.25) is 0 Å². The highest BCUT2D eigenvalue weighted by molar-refractivity contribution is 5.97. The van der Waals surface area contributed by atoms with Crippen molar-refractivity contribution in [2.75, 3.05) is 19.6 Å². The highest BCUT2D eigenvalue weighted by atomic mass is 16.2. The molecule has 198 valence electrons. The summed E-state index contributed by atoms with van der Waals surface area (Å²) in [6.07, 6.45) is 4.47. The molecule has 7 heteroatoms. The molecule has 0 radical (unpaired) electrons. The normalized spacial score (nSPS) is 11.1. The molecule has 0 fully saturated rings. The first-order valence-corrected chi connectivity index (χ1v) is 13.5. The third-order valence-electron chi connectivity index (χ3n) is 6.91. The average molecular weight is 511 g/mol. The first-order valence-electron chi connectivity index (χ1n) is 13.5. The summed E-state index contributed by atoms with van der Waals surface area (Å²) < 4.78 is 2.29. The average Bonchev–Trinajstić information content (AvgIpc) is 3.30. The number of carbonyl (C=O) groups is 1. The topological polar surface area (TPSA) is 114 Å². The Morgan fingerprint density at radius 3 is 2.32 bits per heavy atom. The molecular formula is C31H38N6O. The lowest BCUT2D eigenvalue weighted by Crippen LogP contribution is -2.36. The Morgan fingerprint density at radius 1 is 0.921 bits per heavy atom. The Hall–Kier alpha value is -3.97. The summed E-state index contributed by atoms with van der Waals surface area (Å²) in [7, 11) is 0. The van der Waals surface area contributed by atoms with Crippen LogP contribution in [-0.4, -0.2) is 45.8 Å². The zero-order chi connectivity index (χ0) is 26.9. The van der Waals surface area contributed by atoms with Crippen molar-refractivity contribution < 1.29 is 4.79 Å². The van der Waals surface area contributed by atoms with E-state index in [1.165, 1.54) is 11.1 Å². The van der Waals surface area contributed by atoms with Gasteiger partial charge >= 0.3 is 0 Å². The molecule has 0 aliphatic rings. The van der Waals surface area contributed by atoms with E-state index < -0.39 is 0 Å². The van der Waals surface area contributed by atoms with Crippen LogP contribution in [0.15, 0.2) is 72.8 Å². The van der Waals surface area contributed by atoms with E-state index in [-0.39, 0.29) is 11.7 Å². The third-order valence-corrected chi connectivity index (χ3v) is 6.91. The van der Waals surface area contributed by atoms with Crippen LogP contribution >= 0.6 is 0 Å². The van der Waals surface area contributed by atoms with Gasteiger partial charge in [-0.15, -0.1) is 0 Å². The molecule has 7 nitrogen and oxygen atoms in total. The summed E-state index contributed by atoms with van der Waals surface area (Å²) in [5.41, 5.74) is 17.1. The largest absolute Gasteiger partial charge is 0.384 e. The molecule has 4 aromatic rings.